The second-order valence-electron chi connectivity index (χ2n) is 8.75. The molecule has 3 aromatic rings. The average Bonchev–Trinajstić information content (AvgIpc) is 3.21. The highest BCUT2D eigenvalue weighted by Crippen LogP contribution is 2.36. The van der Waals surface area contributed by atoms with Crippen LogP contribution >= 0.6 is 0 Å². The number of sulfonamides is 1. The number of amides is 1. The fourth-order valence-corrected chi connectivity index (χ4v) is 5.39. The number of para-hydroxylation sites is 1. The van der Waals surface area contributed by atoms with Crippen LogP contribution in [0.4, 0.5) is 17.1 Å². The molecule has 0 aromatic heterocycles. The highest BCUT2D eigenvalue weighted by Gasteiger charge is 2.35. The van der Waals surface area contributed by atoms with E-state index in [0.717, 1.165) is 29.9 Å². The van der Waals surface area contributed by atoms with Crippen molar-refractivity contribution >= 4 is 38.7 Å². The average molecular weight is 505 g/mol. The first-order chi connectivity index (χ1) is 17.3. The molecule has 4 rings (SSSR count). The largest absolute Gasteiger partial charge is 0.325 e. The molecular formula is C28H32N4O3S. The van der Waals surface area contributed by atoms with Crippen molar-refractivity contribution in [1.29, 1.82) is 0 Å². The highest BCUT2D eigenvalue weighted by atomic mass is 32.2. The van der Waals surface area contributed by atoms with Crippen LogP contribution in [0.15, 0.2) is 83.9 Å². The van der Waals surface area contributed by atoms with Crippen LogP contribution in [0, 0.1) is 0 Å². The Hall–Kier alpha value is -3.49. The van der Waals surface area contributed by atoms with Crippen molar-refractivity contribution in [2.45, 2.75) is 19.8 Å². The van der Waals surface area contributed by atoms with E-state index in [1.54, 1.807) is 24.3 Å². The fourth-order valence-electron chi connectivity index (χ4n) is 4.48. The molecule has 1 atom stereocenters. The third-order valence-corrected chi connectivity index (χ3v) is 7.63. The van der Waals surface area contributed by atoms with Crippen LogP contribution in [-0.4, -0.2) is 57.4 Å². The number of nitrogens with zero attached hydrogens (tertiary/aromatic N) is 3. The Kier molecular flexibility index (Phi) is 7.86. The molecule has 0 aliphatic carbocycles. The molecule has 36 heavy (non-hydrogen) atoms. The first kappa shape index (κ1) is 25.6. The zero-order chi connectivity index (χ0) is 25.7. The van der Waals surface area contributed by atoms with E-state index in [0.29, 0.717) is 30.2 Å². The summed E-state index contributed by atoms with van der Waals surface area (Å²) in [5, 5.41) is 2.96. The summed E-state index contributed by atoms with van der Waals surface area (Å²) in [6.07, 6.45) is 1.23. The van der Waals surface area contributed by atoms with Gasteiger partial charge in [0.15, 0.2) is 0 Å². The lowest BCUT2D eigenvalue weighted by atomic mass is 9.90. The van der Waals surface area contributed by atoms with Gasteiger partial charge in [0, 0.05) is 18.8 Å². The Morgan fingerprint density at radius 2 is 1.53 bits per heavy atom. The standard InChI is InChI=1S/C28H32N4O3S/c1-4-31(5-2)19-20-32(36(3,34)35)23-17-15-22(16-18-23)29-27(21-11-7-6-8-12-21)26-24-13-9-10-14-25(24)30-28(26)33/h6-18,26H,4-5,19-20H2,1-3H3,(H,30,33). The lowest BCUT2D eigenvalue weighted by molar-refractivity contribution is -0.115. The topological polar surface area (TPSA) is 82.1 Å². The second-order valence-corrected chi connectivity index (χ2v) is 10.7. The lowest BCUT2D eigenvalue weighted by Crippen LogP contribution is -2.38. The fraction of sp³-hybridized carbons (Fsp3) is 0.286. The molecule has 1 aliphatic rings. The van der Waals surface area contributed by atoms with Gasteiger partial charge in [-0.3, -0.25) is 14.1 Å². The summed E-state index contributed by atoms with van der Waals surface area (Å²) in [5.74, 6) is -0.653. The third-order valence-electron chi connectivity index (χ3n) is 6.44. The molecule has 0 saturated carbocycles. The minimum absolute atomic E-state index is 0.116. The summed E-state index contributed by atoms with van der Waals surface area (Å²) in [6.45, 7) is 6.87. The Morgan fingerprint density at radius 3 is 2.17 bits per heavy atom. The van der Waals surface area contributed by atoms with Crippen molar-refractivity contribution < 1.29 is 13.2 Å². The Labute approximate surface area is 213 Å². The quantitative estimate of drug-likeness (QED) is 0.408. The van der Waals surface area contributed by atoms with Gasteiger partial charge in [-0.1, -0.05) is 62.4 Å². The molecule has 3 aromatic carbocycles. The number of carbonyl (C=O) groups is 1. The van der Waals surface area contributed by atoms with Crippen molar-refractivity contribution in [3.05, 3.63) is 90.0 Å². The lowest BCUT2D eigenvalue weighted by Gasteiger charge is -2.26. The number of rotatable bonds is 10. The molecule has 1 unspecified atom stereocenters. The van der Waals surface area contributed by atoms with Crippen LogP contribution in [0.2, 0.25) is 0 Å². The number of hydrogen-bond donors (Lipinski definition) is 1. The molecule has 0 spiro atoms. The zero-order valence-electron chi connectivity index (χ0n) is 20.9. The SMILES string of the molecule is CCN(CC)CCN(c1ccc(N=C(c2ccccc2)C2C(=O)Nc3ccccc32)cc1)S(C)(=O)=O. The molecule has 8 heteroatoms. The smallest absolute Gasteiger partial charge is 0.238 e. The predicted molar refractivity (Wildman–Crippen MR) is 147 cm³/mol. The predicted octanol–water partition coefficient (Wildman–Crippen LogP) is 4.65. The summed E-state index contributed by atoms with van der Waals surface area (Å²) < 4.78 is 26.5. The number of benzene rings is 3. The summed E-state index contributed by atoms with van der Waals surface area (Å²) in [6, 6.07) is 24.5. The van der Waals surface area contributed by atoms with Crippen molar-refractivity contribution in [3.63, 3.8) is 0 Å². The molecule has 1 N–H and O–H groups in total. The van der Waals surface area contributed by atoms with Gasteiger partial charge in [-0.2, -0.15) is 0 Å². The summed E-state index contributed by atoms with van der Waals surface area (Å²) >= 11 is 0. The highest BCUT2D eigenvalue weighted by molar-refractivity contribution is 7.92. The number of likely N-dealkylation sites (N-methyl/N-ethyl adjacent to an activating group) is 1. The van der Waals surface area contributed by atoms with Crippen LogP contribution in [0.25, 0.3) is 0 Å². The molecule has 1 heterocycles. The number of hydrogen-bond acceptors (Lipinski definition) is 5. The number of aliphatic imine (C=N–C) groups is 1. The van der Waals surface area contributed by atoms with E-state index in [-0.39, 0.29) is 5.91 Å². The zero-order valence-corrected chi connectivity index (χ0v) is 21.7. The number of carbonyl (C=O) groups excluding carboxylic acids is 1. The van der Waals surface area contributed by atoms with Gasteiger partial charge in [0.05, 0.1) is 23.3 Å². The van der Waals surface area contributed by atoms with Gasteiger partial charge in [0.25, 0.3) is 0 Å². The van der Waals surface area contributed by atoms with Crippen LogP contribution in [0.1, 0.15) is 30.9 Å². The monoisotopic (exact) mass is 504 g/mol. The van der Waals surface area contributed by atoms with Crippen LogP contribution in [0.5, 0.6) is 0 Å². The Balaban J connectivity index is 1.69. The molecule has 7 nitrogen and oxygen atoms in total. The molecule has 0 fully saturated rings. The summed E-state index contributed by atoms with van der Waals surface area (Å²) in [7, 11) is -3.44. The number of anilines is 2. The normalized spacial score (nSPS) is 15.6. The molecule has 1 aliphatic heterocycles. The Morgan fingerprint density at radius 1 is 0.889 bits per heavy atom. The summed E-state index contributed by atoms with van der Waals surface area (Å²) in [4.78, 5) is 20.1. The molecule has 0 saturated heterocycles. The van der Waals surface area contributed by atoms with Gasteiger partial charge < -0.3 is 10.2 Å². The van der Waals surface area contributed by atoms with Gasteiger partial charge in [0.2, 0.25) is 15.9 Å². The van der Waals surface area contributed by atoms with Gasteiger partial charge in [0.1, 0.15) is 5.92 Å². The Bertz CT molecular complexity index is 1330. The molecule has 1 amide bonds. The third kappa shape index (κ3) is 5.66. The molecule has 0 bridgehead atoms. The maximum Gasteiger partial charge on any atom is 0.238 e. The first-order valence-electron chi connectivity index (χ1n) is 12.2. The second kappa shape index (κ2) is 11.1. The van der Waals surface area contributed by atoms with Gasteiger partial charge in [-0.05, 0) is 54.5 Å². The minimum Gasteiger partial charge on any atom is -0.325 e. The van der Waals surface area contributed by atoms with Gasteiger partial charge >= 0.3 is 0 Å². The maximum absolute atomic E-state index is 13.0. The number of nitrogens with one attached hydrogen (secondary N) is 1. The van der Waals surface area contributed by atoms with Crippen LogP contribution in [-0.2, 0) is 14.8 Å². The first-order valence-corrected chi connectivity index (χ1v) is 14.0. The van der Waals surface area contributed by atoms with E-state index in [1.807, 2.05) is 54.6 Å². The van der Waals surface area contributed by atoms with Crippen molar-refractivity contribution in [2.24, 2.45) is 4.99 Å². The molecule has 0 radical (unpaired) electrons. The maximum atomic E-state index is 13.0. The van der Waals surface area contributed by atoms with Gasteiger partial charge in [-0.15, -0.1) is 0 Å². The number of fused-ring (bicyclic) bond motifs is 1. The van der Waals surface area contributed by atoms with E-state index in [2.05, 4.69) is 24.1 Å². The van der Waals surface area contributed by atoms with E-state index in [1.165, 1.54) is 10.6 Å². The van der Waals surface area contributed by atoms with Gasteiger partial charge in [-0.25, -0.2) is 8.42 Å². The van der Waals surface area contributed by atoms with Crippen LogP contribution < -0.4 is 9.62 Å². The van der Waals surface area contributed by atoms with Crippen molar-refractivity contribution in [3.8, 4) is 0 Å². The molecular weight excluding hydrogens is 472 g/mol. The minimum atomic E-state index is -3.44. The molecule has 188 valence electrons. The van der Waals surface area contributed by atoms with E-state index < -0.39 is 15.9 Å². The van der Waals surface area contributed by atoms with E-state index in [9.17, 15) is 13.2 Å². The summed E-state index contributed by atoms with van der Waals surface area (Å²) in [5.41, 5.74) is 4.42. The van der Waals surface area contributed by atoms with E-state index in [4.69, 9.17) is 4.99 Å². The van der Waals surface area contributed by atoms with Crippen molar-refractivity contribution in [2.75, 3.05) is 42.1 Å². The van der Waals surface area contributed by atoms with Crippen LogP contribution in [0.3, 0.4) is 0 Å². The van der Waals surface area contributed by atoms with Crippen molar-refractivity contribution in [1.82, 2.24) is 4.90 Å². The van der Waals surface area contributed by atoms with E-state index >= 15 is 0 Å².